The van der Waals surface area contributed by atoms with Gasteiger partial charge in [0.25, 0.3) is 5.88 Å². The Kier molecular flexibility index (Phi) is 3.52. The van der Waals surface area contributed by atoms with Gasteiger partial charge in [-0.15, -0.1) is 0 Å². The third-order valence-electron chi connectivity index (χ3n) is 2.37. The van der Waals surface area contributed by atoms with Crippen molar-refractivity contribution in [1.29, 1.82) is 0 Å². The first-order valence-corrected chi connectivity index (χ1v) is 5.59. The topological polar surface area (TPSA) is 81.4 Å². The van der Waals surface area contributed by atoms with Crippen LogP contribution in [0.4, 0.5) is 0 Å². The van der Waals surface area contributed by atoms with Gasteiger partial charge in [0, 0.05) is 19.4 Å². The second-order valence-corrected chi connectivity index (χ2v) is 4.11. The summed E-state index contributed by atoms with van der Waals surface area (Å²) >= 11 is 5.89. The van der Waals surface area contributed by atoms with Crippen LogP contribution in [0, 0.1) is 0 Å². The Balaban J connectivity index is 2.36. The summed E-state index contributed by atoms with van der Waals surface area (Å²) in [5.74, 6) is -1.06. The lowest BCUT2D eigenvalue weighted by Crippen LogP contribution is -2.18. The molecule has 0 aliphatic carbocycles. The quantitative estimate of drug-likeness (QED) is 0.929. The van der Waals surface area contributed by atoms with E-state index in [2.05, 4.69) is 4.98 Å². The SMILES string of the molecule is Cn1ccnc(Oc2ccc(C(=O)O)cc2Cl)c1=O. The predicted molar refractivity (Wildman–Crippen MR) is 68.0 cm³/mol. The first-order valence-electron chi connectivity index (χ1n) is 5.21. The number of hydrogen-bond donors (Lipinski definition) is 1. The van der Waals surface area contributed by atoms with Crippen LogP contribution in [0.2, 0.25) is 5.02 Å². The summed E-state index contributed by atoms with van der Waals surface area (Å²) < 4.78 is 6.59. The number of ether oxygens (including phenoxy) is 1. The number of nitrogens with zero attached hydrogens (tertiary/aromatic N) is 2. The van der Waals surface area contributed by atoms with Crippen molar-refractivity contribution in [1.82, 2.24) is 9.55 Å². The summed E-state index contributed by atoms with van der Waals surface area (Å²) in [6.07, 6.45) is 2.90. The fourth-order valence-electron chi connectivity index (χ4n) is 1.37. The molecule has 0 saturated heterocycles. The molecule has 2 rings (SSSR count). The minimum Gasteiger partial charge on any atom is -0.478 e. The van der Waals surface area contributed by atoms with Crippen molar-refractivity contribution in [3.05, 3.63) is 51.5 Å². The Morgan fingerprint density at radius 3 is 2.84 bits per heavy atom. The Hall–Kier alpha value is -2.34. The van der Waals surface area contributed by atoms with Gasteiger partial charge in [-0.05, 0) is 18.2 Å². The summed E-state index contributed by atoms with van der Waals surface area (Å²) in [7, 11) is 1.56. The molecule has 0 atom stereocenters. The van der Waals surface area contributed by atoms with Gasteiger partial charge < -0.3 is 14.4 Å². The maximum absolute atomic E-state index is 11.7. The lowest BCUT2D eigenvalue weighted by atomic mass is 10.2. The van der Waals surface area contributed by atoms with E-state index in [9.17, 15) is 9.59 Å². The number of carboxylic acid groups (broad SMARTS) is 1. The second kappa shape index (κ2) is 5.11. The molecule has 2 aromatic rings. The van der Waals surface area contributed by atoms with Crippen LogP contribution < -0.4 is 10.3 Å². The van der Waals surface area contributed by atoms with Gasteiger partial charge in [0.05, 0.1) is 10.6 Å². The van der Waals surface area contributed by atoms with E-state index in [1.165, 1.54) is 35.2 Å². The van der Waals surface area contributed by atoms with Crippen LogP contribution in [0.1, 0.15) is 10.4 Å². The van der Waals surface area contributed by atoms with Crippen molar-refractivity contribution in [2.24, 2.45) is 7.05 Å². The van der Waals surface area contributed by atoms with Gasteiger partial charge in [0.15, 0.2) is 0 Å². The number of carboxylic acids is 1. The van der Waals surface area contributed by atoms with Crippen LogP contribution in [0.25, 0.3) is 0 Å². The van der Waals surface area contributed by atoms with E-state index in [1.54, 1.807) is 7.05 Å². The van der Waals surface area contributed by atoms with Crippen LogP contribution >= 0.6 is 11.6 Å². The number of rotatable bonds is 3. The fourth-order valence-corrected chi connectivity index (χ4v) is 1.58. The number of carbonyl (C=O) groups is 1. The molecule has 0 radical (unpaired) electrons. The summed E-state index contributed by atoms with van der Waals surface area (Å²) in [5.41, 5.74) is -0.382. The molecular weight excluding hydrogens is 272 g/mol. The molecule has 0 saturated carbocycles. The highest BCUT2D eigenvalue weighted by Crippen LogP contribution is 2.28. The number of benzene rings is 1. The van der Waals surface area contributed by atoms with Gasteiger partial charge in [0.1, 0.15) is 5.75 Å². The molecule has 19 heavy (non-hydrogen) atoms. The average Bonchev–Trinajstić information content (AvgIpc) is 2.37. The molecule has 6 nitrogen and oxygen atoms in total. The standard InChI is InChI=1S/C12H9ClN2O4/c1-15-5-4-14-10(11(15)16)19-9-3-2-7(12(17)18)6-8(9)13/h2-6H,1H3,(H,17,18). The highest BCUT2D eigenvalue weighted by atomic mass is 35.5. The fraction of sp³-hybridized carbons (Fsp3) is 0.0833. The normalized spacial score (nSPS) is 10.2. The van der Waals surface area contributed by atoms with Gasteiger partial charge in [0.2, 0.25) is 0 Å². The molecule has 98 valence electrons. The number of halogens is 1. The van der Waals surface area contributed by atoms with E-state index < -0.39 is 11.5 Å². The predicted octanol–water partition coefficient (Wildman–Crippen LogP) is 1.92. The van der Waals surface area contributed by atoms with Crippen molar-refractivity contribution in [2.75, 3.05) is 0 Å². The lowest BCUT2D eigenvalue weighted by molar-refractivity contribution is 0.0697. The van der Waals surface area contributed by atoms with E-state index in [0.717, 1.165) is 0 Å². The molecule has 0 spiro atoms. The zero-order valence-corrected chi connectivity index (χ0v) is 10.6. The zero-order valence-electron chi connectivity index (χ0n) is 9.83. The number of aryl methyl sites for hydroxylation is 1. The molecule has 0 bridgehead atoms. The molecule has 1 N–H and O–H groups in total. The molecule has 1 heterocycles. The number of aromatic carboxylic acids is 1. The Morgan fingerprint density at radius 2 is 2.21 bits per heavy atom. The number of aromatic nitrogens is 2. The zero-order chi connectivity index (χ0) is 14.0. The monoisotopic (exact) mass is 280 g/mol. The molecule has 0 aliphatic rings. The minimum atomic E-state index is -1.10. The number of hydrogen-bond acceptors (Lipinski definition) is 4. The summed E-state index contributed by atoms with van der Waals surface area (Å²) in [5, 5.41) is 8.90. The van der Waals surface area contributed by atoms with Gasteiger partial charge in [-0.3, -0.25) is 4.79 Å². The van der Waals surface area contributed by atoms with Crippen molar-refractivity contribution in [3.63, 3.8) is 0 Å². The van der Waals surface area contributed by atoms with Gasteiger partial charge >= 0.3 is 11.5 Å². The Labute approximate surface area is 112 Å². The van der Waals surface area contributed by atoms with Crippen molar-refractivity contribution < 1.29 is 14.6 Å². The van der Waals surface area contributed by atoms with Crippen molar-refractivity contribution >= 4 is 17.6 Å². The third kappa shape index (κ3) is 2.74. The Morgan fingerprint density at radius 1 is 1.47 bits per heavy atom. The Bertz CT molecular complexity index is 696. The molecular formula is C12H9ClN2O4. The van der Waals surface area contributed by atoms with E-state index in [4.69, 9.17) is 21.4 Å². The van der Waals surface area contributed by atoms with Crippen LogP contribution in [-0.2, 0) is 7.05 Å². The second-order valence-electron chi connectivity index (χ2n) is 3.70. The maximum Gasteiger partial charge on any atom is 0.335 e. The smallest absolute Gasteiger partial charge is 0.335 e. The summed E-state index contributed by atoms with van der Waals surface area (Å²) in [6, 6.07) is 3.95. The largest absolute Gasteiger partial charge is 0.478 e. The van der Waals surface area contributed by atoms with E-state index in [1.807, 2.05) is 0 Å². The van der Waals surface area contributed by atoms with Gasteiger partial charge in [-0.1, -0.05) is 11.6 Å². The molecule has 0 unspecified atom stereocenters. The van der Waals surface area contributed by atoms with E-state index >= 15 is 0 Å². The molecule has 1 aromatic heterocycles. The van der Waals surface area contributed by atoms with Gasteiger partial charge in [-0.25, -0.2) is 9.78 Å². The van der Waals surface area contributed by atoms with E-state index in [-0.39, 0.29) is 22.2 Å². The molecule has 0 amide bonds. The van der Waals surface area contributed by atoms with Crippen LogP contribution in [0.5, 0.6) is 11.6 Å². The third-order valence-corrected chi connectivity index (χ3v) is 2.67. The highest BCUT2D eigenvalue weighted by molar-refractivity contribution is 6.32. The highest BCUT2D eigenvalue weighted by Gasteiger charge is 2.11. The van der Waals surface area contributed by atoms with Crippen molar-refractivity contribution in [2.45, 2.75) is 0 Å². The first-order chi connectivity index (χ1) is 8.99. The van der Waals surface area contributed by atoms with Crippen LogP contribution in [0.3, 0.4) is 0 Å². The minimum absolute atomic E-state index is 0.0336. The summed E-state index contributed by atoms with van der Waals surface area (Å²) in [6.45, 7) is 0. The maximum atomic E-state index is 11.7. The lowest BCUT2D eigenvalue weighted by Gasteiger charge is -2.07. The molecule has 0 aliphatic heterocycles. The molecule has 7 heteroatoms. The van der Waals surface area contributed by atoms with Gasteiger partial charge in [-0.2, -0.15) is 0 Å². The van der Waals surface area contributed by atoms with Crippen molar-refractivity contribution in [3.8, 4) is 11.6 Å². The first kappa shape index (κ1) is 13.1. The van der Waals surface area contributed by atoms with E-state index in [0.29, 0.717) is 0 Å². The average molecular weight is 281 g/mol. The molecule has 0 fully saturated rings. The van der Waals surface area contributed by atoms with Crippen LogP contribution in [-0.4, -0.2) is 20.6 Å². The van der Waals surface area contributed by atoms with Crippen LogP contribution in [0.15, 0.2) is 35.4 Å². The summed E-state index contributed by atoms with van der Waals surface area (Å²) in [4.78, 5) is 26.3. The molecule has 1 aromatic carbocycles.